The molecule has 0 aliphatic carbocycles. The molecule has 0 amide bonds. The van der Waals surface area contributed by atoms with E-state index in [0.29, 0.717) is 11.6 Å². The van der Waals surface area contributed by atoms with Crippen LogP contribution >= 0.6 is 11.3 Å². The van der Waals surface area contributed by atoms with Crippen LogP contribution in [-0.4, -0.2) is 34.5 Å². The summed E-state index contributed by atoms with van der Waals surface area (Å²) in [6.07, 6.45) is 2.38. The summed E-state index contributed by atoms with van der Waals surface area (Å²) in [5.41, 5.74) is 1.66. The third kappa shape index (κ3) is 4.50. The second kappa shape index (κ2) is 7.53. The molecule has 2 aromatic heterocycles. The number of nitriles is 1. The van der Waals surface area contributed by atoms with Crippen LogP contribution in [0.1, 0.15) is 29.2 Å². The van der Waals surface area contributed by atoms with Gasteiger partial charge < -0.3 is 5.32 Å². The minimum atomic E-state index is 0.461. The maximum Gasteiger partial charge on any atom is 0.142 e. The Morgan fingerprint density at radius 2 is 2.17 bits per heavy atom. The number of pyridine rings is 1. The van der Waals surface area contributed by atoms with Crippen molar-refractivity contribution in [2.45, 2.75) is 26.3 Å². The average Bonchev–Trinajstić information content (AvgIpc) is 2.99. The van der Waals surface area contributed by atoms with E-state index in [1.165, 1.54) is 18.5 Å². The number of nitrogens with one attached hydrogen (secondary N) is 1. The molecule has 0 aromatic carbocycles. The molecular formula is C17H21N5S. The number of anilines is 1. The van der Waals surface area contributed by atoms with E-state index < -0.39 is 0 Å². The van der Waals surface area contributed by atoms with Crippen LogP contribution in [0.4, 0.5) is 5.82 Å². The fourth-order valence-corrected chi connectivity index (χ4v) is 3.51. The maximum absolute atomic E-state index is 8.88. The average molecular weight is 327 g/mol. The molecule has 3 rings (SSSR count). The third-order valence-corrected chi connectivity index (χ3v) is 5.02. The fraction of sp³-hybridized carbons (Fsp3) is 0.471. The molecule has 2 aromatic rings. The highest BCUT2D eigenvalue weighted by Gasteiger charge is 2.19. The summed E-state index contributed by atoms with van der Waals surface area (Å²) in [5, 5.41) is 15.6. The van der Waals surface area contributed by atoms with Gasteiger partial charge in [0.25, 0.3) is 0 Å². The zero-order valence-corrected chi connectivity index (χ0v) is 14.1. The van der Waals surface area contributed by atoms with Crippen LogP contribution in [-0.2, 0) is 6.54 Å². The number of piperidine rings is 1. The van der Waals surface area contributed by atoms with E-state index in [4.69, 9.17) is 5.26 Å². The van der Waals surface area contributed by atoms with Gasteiger partial charge in [-0.2, -0.15) is 5.26 Å². The van der Waals surface area contributed by atoms with E-state index in [2.05, 4.69) is 38.6 Å². The second-order valence-electron chi connectivity index (χ2n) is 5.98. The minimum absolute atomic E-state index is 0.461. The van der Waals surface area contributed by atoms with E-state index in [-0.39, 0.29) is 0 Å². The summed E-state index contributed by atoms with van der Waals surface area (Å²) < 4.78 is 0. The predicted octanol–water partition coefficient (Wildman–Crippen LogP) is 3.04. The summed E-state index contributed by atoms with van der Waals surface area (Å²) in [6.45, 7) is 6.19. The van der Waals surface area contributed by atoms with Crippen molar-refractivity contribution in [1.82, 2.24) is 14.9 Å². The first-order valence-corrected chi connectivity index (χ1v) is 8.85. The Bertz CT molecular complexity index is 682. The lowest BCUT2D eigenvalue weighted by molar-refractivity contribution is 0.181. The van der Waals surface area contributed by atoms with Gasteiger partial charge in [-0.3, -0.25) is 4.90 Å². The molecule has 0 unspecified atom stereocenters. The monoisotopic (exact) mass is 327 g/mol. The third-order valence-electron chi connectivity index (χ3n) is 4.19. The van der Waals surface area contributed by atoms with Gasteiger partial charge in [-0.15, -0.1) is 11.3 Å². The van der Waals surface area contributed by atoms with Crippen LogP contribution in [0.3, 0.4) is 0 Å². The van der Waals surface area contributed by atoms with Crippen molar-refractivity contribution in [1.29, 1.82) is 5.26 Å². The van der Waals surface area contributed by atoms with Crippen molar-refractivity contribution >= 4 is 17.2 Å². The van der Waals surface area contributed by atoms with Crippen molar-refractivity contribution in [3.63, 3.8) is 0 Å². The molecule has 6 heteroatoms. The highest BCUT2D eigenvalue weighted by Crippen LogP contribution is 2.20. The molecule has 1 saturated heterocycles. The molecule has 3 heterocycles. The minimum Gasteiger partial charge on any atom is -0.370 e. The highest BCUT2D eigenvalue weighted by molar-refractivity contribution is 7.09. The molecule has 120 valence electrons. The molecule has 0 saturated carbocycles. The predicted molar refractivity (Wildman–Crippen MR) is 92.3 cm³/mol. The van der Waals surface area contributed by atoms with Crippen molar-refractivity contribution in [2.75, 3.05) is 25.0 Å². The number of hydrogen-bond donors (Lipinski definition) is 1. The number of hydrogen-bond acceptors (Lipinski definition) is 6. The quantitative estimate of drug-likeness (QED) is 0.914. The molecule has 0 bridgehead atoms. The molecule has 1 fully saturated rings. The summed E-state index contributed by atoms with van der Waals surface area (Å²) in [6, 6.07) is 7.58. The Morgan fingerprint density at radius 3 is 2.87 bits per heavy atom. The van der Waals surface area contributed by atoms with Gasteiger partial charge in [-0.05, 0) is 50.9 Å². The largest absolute Gasteiger partial charge is 0.370 e. The number of aromatic nitrogens is 2. The molecule has 1 aliphatic heterocycles. The molecule has 0 spiro atoms. The summed E-state index contributed by atoms with van der Waals surface area (Å²) >= 11 is 1.72. The number of rotatable bonds is 5. The summed E-state index contributed by atoms with van der Waals surface area (Å²) in [7, 11) is 0. The van der Waals surface area contributed by atoms with Gasteiger partial charge in [0.15, 0.2) is 0 Å². The molecule has 23 heavy (non-hydrogen) atoms. The first-order valence-electron chi connectivity index (χ1n) is 7.97. The van der Waals surface area contributed by atoms with Gasteiger partial charge in [-0.1, -0.05) is 6.07 Å². The van der Waals surface area contributed by atoms with E-state index in [1.807, 2.05) is 12.1 Å². The lowest BCUT2D eigenvalue weighted by Gasteiger charge is -2.31. The van der Waals surface area contributed by atoms with E-state index in [1.54, 1.807) is 17.4 Å². The topological polar surface area (TPSA) is 64.8 Å². The van der Waals surface area contributed by atoms with Crippen LogP contribution in [0.2, 0.25) is 0 Å². The van der Waals surface area contributed by atoms with Crippen LogP contribution in [0.5, 0.6) is 0 Å². The SMILES string of the molecule is Cc1nc(CN2CCC(CNc3cccc(C#N)n3)CC2)cs1. The lowest BCUT2D eigenvalue weighted by atomic mass is 9.96. The van der Waals surface area contributed by atoms with E-state index in [9.17, 15) is 0 Å². The smallest absolute Gasteiger partial charge is 0.142 e. The van der Waals surface area contributed by atoms with Crippen molar-refractivity contribution in [2.24, 2.45) is 5.92 Å². The fourth-order valence-electron chi connectivity index (χ4n) is 2.90. The number of thiazole rings is 1. The number of likely N-dealkylation sites (tertiary alicyclic amines) is 1. The Labute approximate surface area is 141 Å². The van der Waals surface area contributed by atoms with Crippen molar-refractivity contribution < 1.29 is 0 Å². The number of aryl methyl sites for hydroxylation is 1. The van der Waals surface area contributed by atoms with Crippen LogP contribution in [0.25, 0.3) is 0 Å². The molecule has 0 atom stereocenters. The Morgan fingerprint density at radius 1 is 1.35 bits per heavy atom. The van der Waals surface area contributed by atoms with Crippen molar-refractivity contribution in [3.8, 4) is 6.07 Å². The number of nitrogens with zero attached hydrogens (tertiary/aromatic N) is 4. The first-order chi connectivity index (χ1) is 11.2. The first kappa shape index (κ1) is 15.9. The van der Waals surface area contributed by atoms with Crippen LogP contribution < -0.4 is 5.32 Å². The zero-order chi connectivity index (χ0) is 16.1. The molecule has 5 nitrogen and oxygen atoms in total. The molecule has 1 aliphatic rings. The Balaban J connectivity index is 1.43. The Kier molecular flexibility index (Phi) is 5.21. The Hall–Kier alpha value is -1.97. The van der Waals surface area contributed by atoms with Crippen molar-refractivity contribution in [3.05, 3.63) is 40.0 Å². The normalized spacial score (nSPS) is 16.2. The molecule has 0 radical (unpaired) electrons. The lowest BCUT2D eigenvalue weighted by Crippen LogP contribution is -2.35. The van der Waals surface area contributed by atoms with Gasteiger partial charge in [0.2, 0.25) is 0 Å². The van der Waals surface area contributed by atoms with Gasteiger partial charge in [-0.25, -0.2) is 9.97 Å². The summed E-state index contributed by atoms with van der Waals surface area (Å²) in [4.78, 5) is 11.3. The van der Waals surface area contributed by atoms with E-state index in [0.717, 1.165) is 37.0 Å². The highest BCUT2D eigenvalue weighted by atomic mass is 32.1. The van der Waals surface area contributed by atoms with Crippen LogP contribution in [0.15, 0.2) is 23.6 Å². The maximum atomic E-state index is 8.88. The van der Waals surface area contributed by atoms with Gasteiger partial charge >= 0.3 is 0 Å². The molecular weight excluding hydrogens is 306 g/mol. The standard InChI is InChI=1S/C17H21N5S/c1-13-20-16(12-23-13)11-22-7-5-14(6-8-22)10-19-17-4-2-3-15(9-18)21-17/h2-4,12,14H,5-8,10-11H2,1H3,(H,19,21). The van der Waals surface area contributed by atoms with Gasteiger partial charge in [0.05, 0.1) is 10.7 Å². The second-order valence-corrected chi connectivity index (χ2v) is 7.04. The van der Waals surface area contributed by atoms with Gasteiger partial charge in [0, 0.05) is 18.5 Å². The molecule has 1 N–H and O–H groups in total. The summed E-state index contributed by atoms with van der Waals surface area (Å²) in [5.74, 6) is 1.46. The van der Waals surface area contributed by atoms with Gasteiger partial charge in [0.1, 0.15) is 17.6 Å². The van der Waals surface area contributed by atoms with E-state index >= 15 is 0 Å². The van der Waals surface area contributed by atoms with Crippen LogP contribution in [0, 0.1) is 24.2 Å². The zero-order valence-electron chi connectivity index (χ0n) is 13.3.